The van der Waals surface area contributed by atoms with E-state index in [9.17, 15) is 8.42 Å². The summed E-state index contributed by atoms with van der Waals surface area (Å²) in [5, 5.41) is 6.67. The fourth-order valence-corrected chi connectivity index (χ4v) is 5.09. The quantitative estimate of drug-likeness (QED) is 0.362. The summed E-state index contributed by atoms with van der Waals surface area (Å²) >= 11 is 0. The van der Waals surface area contributed by atoms with Gasteiger partial charge in [0.1, 0.15) is 0 Å². The van der Waals surface area contributed by atoms with Crippen molar-refractivity contribution in [3.05, 3.63) is 29.8 Å². The highest BCUT2D eigenvalue weighted by atomic mass is 32.2. The van der Waals surface area contributed by atoms with Gasteiger partial charge in [0.05, 0.1) is 4.90 Å². The third-order valence-corrected chi connectivity index (χ3v) is 7.35. The van der Waals surface area contributed by atoms with Crippen molar-refractivity contribution in [3.8, 4) is 0 Å². The SMILES string of the molecule is CCCCCC(C)NC(=NC)NCc1ccccc1S(=O)(=O)N1CCN(C)CC1. The van der Waals surface area contributed by atoms with E-state index in [1.807, 2.05) is 19.2 Å². The first-order chi connectivity index (χ1) is 13.9. The summed E-state index contributed by atoms with van der Waals surface area (Å²) in [6, 6.07) is 7.55. The molecule has 7 nitrogen and oxygen atoms in total. The number of unbranched alkanes of at least 4 members (excludes halogenated alkanes) is 2. The summed E-state index contributed by atoms with van der Waals surface area (Å²) in [5.41, 5.74) is 0.757. The first-order valence-corrected chi connectivity index (χ1v) is 12.1. The van der Waals surface area contributed by atoms with Crippen LogP contribution in [0.3, 0.4) is 0 Å². The Labute approximate surface area is 176 Å². The first-order valence-electron chi connectivity index (χ1n) is 10.6. The minimum absolute atomic E-state index is 0.317. The zero-order valence-corrected chi connectivity index (χ0v) is 19.1. The average Bonchev–Trinajstić information content (AvgIpc) is 2.71. The molecule has 1 aromatic carbocycles. The lowest BCUT2D eigenvalue weighted by Gasteiger charge is -2.32. The summed E-state index contributed by atoms with van der Waals surface area (Å²) < 4.78 is 28.0. The zero-order valence-electron chi connectivity index (χ0n) is 18.3. The second-order valence-electron chi connectivity index (χ2n) is 7.78. The number of hydrogen-bond acceptors (Lipinski definition) is 4. The van der Waals surface area contributed by atoms with Crippen molar-refractivity contribution in [3.63, 3.8) is 0 Å². The molecule has 0 aliphatic carbocycles. The van der Waals surface area contributed by atoms with Crippen molar-refractivity contribution in [1.29, 1.82) is 0 Å². The summed E-state index contributed by atoms with van der Waals surface area (Å²) in [6.07, 6.45) is 4.71. The summed E-state index contributed by atoms with van der Waals surface area (Å²) in [4.78, 5) is 6.82. The highest BCUT2D eigenvalue weighted by Crippen LogP contribution is 2.21. The van der Waals surface area contributed by atoms with Gasteiger partial charge in [-0.2, -0.15) is 4.31 Å². The Hall–Kier alpha value is -1.64. The Balaban J connectivity index is 2.03. The molecule has 1 saturated heterocycles. The maximum absolute atomic E-state index is 13.2. The standard InChI is InChI=1S/C21H37N5O2S/c1-5-6-7-10-18(2)24-21(22-3)23-17-19-11-8-9-12-20(19)29(27,28)26-15-13-25(4)14-16-26/h8-9,11-12,18H,5-7,10,13-17H2,1-4H3,(H2,22,23,24). The maximum atomic E-state index is 13.2. The summed E-state index contributed by atoms with van der Waals surface area (Å²) in [6.45, 7) is 7.32. The molecule has 0 spiro atoms. The van der Waals surface area contributed by atoms with E-state index >= 15 is 0 Å². The van der Waals surface area contributed by atoms with E-state index < -0.39 is 10.0 Å². The van der Waals surface area contributed by atoms with E-state index in [4.69, 9.17) is 0 Å². The molecule has 29 heavy (non-hydrogen) atoms. The predicted octanol–water partition coefficient (Wildman–Crippen LogP) is 2.26. The normalized spacial score (nSPS) is 17.9. The molecule has 1 aliphatic heterocycles. The molecule has 1 unspecified atom stereocenters. The Morgan fingerprint density at radius 3 is 2.52 bits per heavy atom. The topological polar surface area (TPSA) is 77.0 Å². The molecule has 164 valence electrons. The number of nitrogens with zero attached hydrogens (tertiary/aromatic N) is 3. The van der Waals surface area contributed by atoms with Gasteiger partial charge in [-0.05, 0) is 32.0 Å². The average molecular weight is 424 g/mol. The zero-order chi connectivity index (χ0) is 21.3. The molecule has 2 N–H and O–H groups in total. The molecule has 2 rings (SSSR count). The Morgan fingerprint density at radius 1 is 1.17 bits per heavy atom. The van der Waals surface area contributed by atoms with Gasteiger partial charge in [-0.25, -0.2) is 8.42 Å². The van der Waals surface area contributed by atoms with Gasteiger partial charge in [-0.3, -0.25) is 4.99 Å². The van der Waals surface area contributed by atoms with Gasteiger partial charge in [0.2, 0.25) is 10.0 Å². The Bertz CT molecular complexity index is 758. The van der Waals surface area contributed by atoms with Gasteiger partial charge in [0.25, 0.3) is 0 Å². The van der Waals surface area contributed by atoms with Crippen LogP contribution in [0.2, 0.25) is 0 Å². The molecular weight excluding hydrogens is 386 g/mol. The van der Waals surface area contributed by atoms with Gasteiger partial charge < -0.3 is 15.5 Å². The number of rotatable bonds is 9. The van der Waals surface area contributed by atoms with E-state index in [-0.39, 0.29) is 0 Å². The number of benzene rings is 1. The second kappa shape index (κ2) is 11.5. The molecule has 1 aromatic rings. The van der Waals surface area contributed by atoms with Crippen LogP contribution >= 0.6 is 0 Å². The highest BCUT2D eigenvalue weighted by Gasteiger charge is 2.29. The van der Waals surface area contributed by atoms with Gasteiger partial charge in [-0.1, -0.05) is 44.4 Å². The Kier molecular flexibility index (Phi) is 9.39. The molecular formula is C21H37N5O2S. The van der Waals surface area contributed by atoms with Crippen LogP contribution in [0.25, 0.3) is 0 Å². The molecule has 0 bridgehead atoms. The van der Waals surface area contributed by atoms with Crippen LogP contribution in [0, 0.1) is 0 Å². The van der Waals surface area contributed by atoms with Gasteiger partial charge in [-0.15, -0.1) is 0 Å². The van der Waals surface area contributed by atoms with Crippen LogP contribution in [0.15, 0.2) is 34.2 Å². The minimum Gasteiger partial charge on any atom is -0.354 e. The maximum Gasteiger partial charge on any atom is 0.243 e. The van der Waals surface area contributed by atoms with Crippen LogP contribution in [0.4, 0.5) is 0 Å². The minimum atomic E-state index is -3.50. The molecule has 0 aromatic heterocycles. The number of guanidine groups is 1. The van der Waals surface area contributed by atoms with E-state index in [2.05, 4.69) is 34.4 Å². The van der Waals surface area contributed by atoms with Crippen molar-refractivity contribution in [2.45, 2.75) is 57.0 Å². The van der Waals surface area contributed by atoms with Crippen LogP contribution in [0.1, 0.15) is 45.1 Å². The molecule has 1 heterocycles. The van der Waals surface area contributed by atoms with Gasteiger partial charge in [0, 0.05) is 45.8 Å². The molecule has 1 aliphatic rings. The van der Waals surface area contributed by atoms with Gasteiger partial charge in [0.15, 0.2) is 5.96 Å². The Morgan fingerprint density at radius 2 is 1.86 bits per heavy atom. The molecule has 1 fully saturated rings. The fourth-order valence-electron chi connectivity index (χ4n) is 3.45. The molecule has 0 radical (unpaired) electrons. The van der Waals surface area contributed by atoms with Crippen LogP contribution in [-0.4, -0.2) is 69.9 Å². The lowest BCUT2D eigenvalue weighted by atomic mass is 10.1. The van der Waals surface area contributed by atoms with Crippen molar-refractivity contribution in [2.24, 2.45) is 4.99 Å². The van der Waals surface area contributed by atoms with E-state index in [0.717, 1.165) is 25.1 Å². The van der Waals surface area contributed by atoms with Crippen LogP contribution in [-0.2, 0) is 16.6 Å². The van der Waals surface area contributed by atoms with Crippen molar-refractivity contribution >= 4 is 16.0 Å². The lowest BCUT2D eigenvalue weighted by Crippen LogP contribution is -2.47. The van der Waals surface area contributed by atoms with Crippen molar-refractivity contribution < 1.29 is 8.42 Å². The molecule has 0 saturated carbocycles. The molecule has 1 atom stereocenters. The number of hydrogen-bond donors (Lipinski definition) is 2. The van der Waals surface area contributed by atoms with Crippen LogP contribution in [0.5, 0.6) is 0 Å². The highest BCUT2D eigenvalue weighted by molar-refractivity contribution is 7.89. The third-order valence-electron chi connectivity index (χ3n) is 5.35. The number of nitrogens with one attached hydrogen (secondary N) is 2. The molecule has 8 heteroatoms. The second-order valence-corrected chi connectivity index (χ2v) is 9.69. The number of aliphatic imine (C=N–C) groups is 1. The van der Waals surface area contributed by atoms with E-state index in [0.29, 0.717) is 36.5 Å². The van der Waals surface area contributed by atoms with Gasteiger partial charge >= 0.3 is 0 Å². The largest absolute Gasteiger partial charge is 0.354 e. The van der Waals surface area contributed by atoms with Crippen molar-refractivity contribution in [2.75, 3.05) is 40.3 Å². The van der Waals surface area contributed by atoms with E-state index in [1.165, 1.54) is 19.3 Å². The third kappa shape index (κ3) is 6.97. The first kappa shape index (κ1) is 23.6. The number of likely N-dealkylation sites (N-methyl/N-ethyl adjacent to an activating group) is 1. The lowest BCUT2D eigenvalue weighted by molar-refractivity contribution is 0.222. The van der Waals surface area contributed by atoms with Crippen molar-refractivity contribution in [1.82, 2.24) is 19.8 Å². The molecule has 0 amide bonds. The summed E-state index contributed by atoms with van der Waals surface area (Å²) in [5.74, 6) is 0.695. The number of piperazine rings is 1. The number of sulfonamides is 1. The monoisotopic (exact) mass is 423 g/mol. The predicted molar refractivity (Wildman–Crippen MR) is 120 cm³/mol. The smallest absolute Gasteiger partial charge is 0.243 e. The van der Waals surface area contributed by atoms with Crippen LogP contribution < -0.4 is 10.6 Å². The van der Waals surface area contributed by atoms with E-state index in [1.54, 1.807) is 23.5 Å². The fraction of sp³-hybridized carbons (Fsp3) is 0.667. The summed E-state index contributed by atoms with van der Waals surface area (Å²) in [7, 11) is 0.252.